The van der Waals surface area contributed by atoms with E-state index in [0.29, 0.717) is 17.1 Å². The highest BCUT2D eigenvalue weighted by molar-refractivity contribution is 6.06. The van der Waals surface area contributed by atoms with Gasteiger partial charge < -0.3 is 14.6 Å². The van der Waals surface area contributed by atoms with Crippen molar-refractivity contribution in [1.82, 2.24) is 0 Å². The first-order chi connectivity index (χ1) is 15.2. The molecule has 1 N–H and O–H groups in total. The second-order valence-electron chi connectivity index (χ2n) is 8.04. The molecule has 0 saturated heterocycles. The Bertz CT molecular complexity index is 1120. The van der Waals surface area contributed by atoms with Gasteiger partial charge in [-0.05, 0) is 99.0 Å². The third-order valence-corrected chi connectivity index (χ3v) is 4.90. The molecular weight excluding hydrogens is 404 g/mol. The fourth-order valence-electron chi connectivity index (χ4n) is 3.12. The molecule has 0 radical (unpaired) electrons. The monoisotopic (exact) mass is 430 g/mol. The van der Waals surface area contributed by atoms with Crippen molar-refractivity contribution in [1.29, 1.82) is 0 Å². The third kappa shape index (κ3) is 5.64. The number of benzene rings is 3. The Hall–Kier alpha value is -3.86. The van der Waals surface area contributed by atoms with Gasteiger partial charge in [0.25, 0.3) is 0 Å². The van der Waals surface area contributed by atoms with E-state index in [0.717, 1.165) is 22.4 Å². The number of ketones is 1. The zero-order chi connectivity index (χ0) is 23.3. The highest BCUT2D eigenvalue weighted by Gasteiger charge is 2.30. The van der Waals surface area contributed by atoms with Crippen molar-refractivity contribution >= 4 is 17.8 Å². The molecule has 0 aliphatic rings. The number of carboxylic acids is 1. The molecule has 32 heavy (non-hydrogen) atoms. The molecule has 0 aromatic heterocycles. The largest absolute Gasteiger partial charge is 0.478 e. The fourth-order valence-corrected chi connectivity index (χ4v) is 3.12. The van der Waals surface area contributed by atoms with E-state index in [2.05, 4.69) is 0 Å². The van der Waals surface area contributed by atoms with Crippen LogP contribution in [0.5, 0.6) is 17.2 Å². The Morgan fingerprint density at radius 3 is 2.00 bits per heavy atom. The third-order valence-electron chi connectivity index (χ3n) is 4.90. The van der Waals surface area contributed by atoms with E-state index in [9.17, 15) is 14.7 Å². The van der Waals surface area contributed by atoms with Crippen LogP contribution in [-0.2, 0) is 4.79 Å². The second kappa shape index (κ2) is 9.52. The van der Waals surface area contributed by atoms with Crippen molar-refractivity contribution in [2.24, 2.45) is 0 Å². The number of ether oxygens (including phenoxy) is 2. The van der Waals surface area contributed by atoms with E-state index in [1.165, 1.54) is 19.9 Å². The molecule has 0 spiro atoms. The minimum atomic E-state index is -1.33. The average Bonchev–Trinajstić information content (AvgIpc) is 2.76. The Morgan fingerprint density at radius 2 is 1.44 bits per heavy atom. The summed E-state index contributed by atoms with van der Waals surface area (Å²) >= 11 is 0. The molecule has 0 fully saturated rings. The highest BCUT2D eigenvalue weighted by Crippen LogP contribution is 2.29. The van der Waals surface area contributed by atoms with E-state index in [1.807, 2.05) is 56.3 Å². The van der Waals surface area contributed by atoms with Crippen LogP contribution >= 0.6 is 0 Å². The van der Waals surface area contributed by atoms with E-state index in [-0.39, 0.29) is 5.78 Å². The summed E-state index contributed by atoms with van der Waals surface area (Å²) in [5, 5.41) is 9.30. The van der Waals surface area contributed by atoms with Gasteiger partial charge in [0, 0.05) is 5.56 Å². The van der Waals surface area contributed by atoms with Crippen molar-refractivity contribution < 1.29 is 24.2 Å². The smallest absolute Gasteiger partial charge is 0.347 e. The average molecular weight is 431 g/mol. The van der Waals surface area contributed by atoms with Gasteiger partial charge in [-0.1, -0.05) is 24.3 Å². The van der Waals surface area contributed by atoms with Gasteiger partial charge in [0.05, 0.1) is 0 Å². The predicted molar refractivity (Wildman–Crippen MR) is 125 cm³/mol. The van der Waals surface area contributed by atoms with Crippen molar-refractivity contribution in [2.45, 2.75) is 33.3 Å². The molecule has 3 rings (SSSR count). The number of para-hydroxylation sites is 1. The Balaban J connectivity index is 1.70. The van der Waals surface area contributed by atoms with Crippen LogP contribution in [0.25, 0.3) is 6.08 Å². The number of rotatable bonds is 8. The van der Waals surface area contributed by atoms with Crippen molar-refractivity contribution in [3.63, 3.8) is 0 Å². The minimum Gasteiger partial charge on any atom is -0.478 e. The minimum absolute atomic E-state index is 0.126. The summed E-state index contributed by atoms with van der Waals surface area (Å²) in [5.41, 5.74) is 1.65. The van der Waals surface area contributed by atoms with E-state index >= 15 is 0 Å². The second-order valence-corrected chi connectivity index (χ2v) is 8.04. The quantitative estimate of drug-likeness (QED) is 0.339. The Kier molecular flexibility index (Phi) is 6.79. The first-order valence-electron chi connectivity index (χ1n) is 10.2. The summed E-state index contributed by atoms with van der Waals surface area (Å²) in [5.74, 6) is 0.763. The van der Waals surface area contributed by atoms with Crippen molar-refractivity contribution in [3.05, 3.63) is 95.1 Å². The number of carbonyl (C=O) groups excluding carboxylic acids is 1. The highest BCUT2D eigenvalue weighted by atomic mass is 16.5. The lowest BCUT2D eigenvalue weighted by molar-refractivity contribution is -0.152. The molecule has 0 unspecified atom stereocenters. The van der Waals surface area contributed by atoms with E-state index in [4.69, 9.17) is 9.47 Å². The molecule has 0 amide bonds. The van der Waals surface area contributed by atoms with Gasteiger partial charge in [0.15, 0.2) is 11.4 Å². The number of carboxylic acid groups (broad SMARTS) is 1. The summed E-state index contributed by atoms with van der Waals surface area (Å²) in [6.07, 6.45) is 3.26. The molecular formula is C27H26O5. The van der Waals surface area contributed by atoms with Gasteiger partial charge in [-0.2, -0.15) is 0 Å². The van der Waals surface area contributed by atoms with Crippen LogP contribution < -0.4 is 9.47 Å². The topological polar surface area (TPSA) is 72.8 Å². The lowest BCUT2D eigenvalue weighted by atomic mass is 10.0. The van der Waals surface area contributed by atoms with Crippen molar-refractivity contribution in [3.8, 4) is 17.2 Å². The maximum atomic E-state index is 12.6. The van der Waals surface area contributed by atoms with Gasteiger partial charge in [-0.15, -0.1) is 0 Å². The molecule has 0 atom stereocenters. The number of aryl methyl sites for hydroxylation is 2. The van der Waals surface area contributed by atoms with E-state index < -0.39 is 11.6 Å². The molecule has 5 nitrogen and oxygen atoms in total. The zero-order valence-electron chi connectivity index (χ0n) is 18.6. The predicted octanol–water partition coefficient (Wildman–Crippen LogP) is 6.23. The molecule has 0 saturated carbocycles. The standard InChI is InChI=1S/C27H26O5/c1-18-16-20(17-19(2)25(18)32-27(3,4)26(29)30)10-15-24(28)21-11-13-23(14-12-21)31-22-8-6-5-7-9-22/h5-17H,1-4H3,(H,29,30). The van der Waals surface area contributed by atoms with Crippen LogP contribution in [0.15, 0.2) is 72.8 Å². The van der Waals surface area contributed by atoms with E-state index in [1.54, 1.807) is 30.3 Å². The maximum absolute atomic E-state index is 12.6. The fraction of sp³-hybridized carbons (Fsp3) is 0.185. The van der Waals surface area contributed by atoms with Gasteiger partial charge in [-0.25, -0.2) is 4.79 Å². The normalized spacial score (nSPS) is 11.4. The number of carbonyl (C=O) groups is 2. The molecule has 3 aromatic carbocycles. The first-order valence-corrected chi connectivity index (χ1v) is 10.2. The molecule has 5 heteroatoms. The number of hydrogen-bond donors (Lipinski definition) is 1. The van der Waals surface area contributed by atoms with Gasteiger partial charge in [-0.3, -0.25) is 4.79 Å². The molecule has 0 bridgehead atoms. The molecule has 3 aromatic rings. The van der Waals surface area contributed by atoms with Gasteiger partial charge >= 0.3 is 5.97 Å². The summed E-state index contributed by atoms with van der Waals surface area (Å²) in [6, 6.07) is 20.1. The number of aliphatic carboxylic acids is 1. The van der Waals surface area contributed by atoms with Crippen LogP contribution in [-0.4, -0.2) is 22.5 Å². The molecule has 0 aliphatic heterocycles. The SMILES string of the molecule is Cc1cc(C=CC(=O)c2ccc(Oc3ccccc3)cc2)cc(C)c1OC(C)(C)C(=O)O. The lowest BCUT2D eigenvalue weighted by Gasteiger charge is -2.24. The summed E-state index contributed by atoms with van der Waals surface area (Å²) in [4.78, 5) is 23.9. The first kappa shape index (κ1) is 22.8. The maximum Gasteiger partial charge on any atom is 0.347 e. The van der Waals surface area contributed by atoms with Gasteiger partial charge in [0.1, 0.15) is 17.2 Å². The zero-order valence-corrected chi connectivity index (χ0v) is 18.6. The summed E-state index contributed by atoms with van der Waals surface area (Å²) in [6.45, 7) is 6.73. The lowest BCUT2D eigenvalue weighted by Crippen LogP contribution is -2.38. The molecule has 0 aliphatic carbocycles. The van der Waals surface area contributed by atoms with Crippen molar-refractivity contribution in [2.75, 3.05) is 0 Å². The van der Waals surface area contributed by atoms with Gasteiger partial charge in [0.2, 0.25) is 0 Å². The van der Waals surface area contributed by atoms with Crippen LogP contribution in [0, 0.1) is 13.8 Å². The molecule has 0 heterocycles. The summed E-state index contributed by atoms with van der Waals surface area (Å²) in [7, 11) is 0. The van der Waals surface area contributed by atoms with Crippen LogP contribution in [0.1, 0.15) is 40.9 Å². The van der Waals surface area contributed by atoms with Crippen LogP contribution in [0.4, 0.5) is 0 Å². The summed E-state index contributed by atoms with van der Waals surface area (Å²) < 4.78 is 11.5. The number of allylic oxidation sites excluding steroid dienone is 1. The Morgan fingerprint density at radius 1 is 0.875 bits per heavy atom. The van der Waals surface area contributed by atoms with Crippen LogP contribution in [0.3, 0.4) is 0 Å². The molecule has 164 valence electrons. The number of hydrogen-bond acceptors (Lipinski definition) is 4. The van der Waals surface area contributed by atoms with Crippen LogP contribution in [0.2, 0.25) is 0 Å². The Labute approximate surface area is 187 Å².